The zero-order valence-corrected chi connectivity index (χ0v) is 9.95. The van der Waals surface area contributed by atoms with Crippen LogP contribution in [0.25, 0.3) is 0 Å². The Labute approximate surface area is 102 Å². The fourth-order valence-electron chi connectivity index (χ4n) is 1.89. The summed E-state index contributed by atoms with van der Waals surface area (Å²) in [6.07, 6.45) is 1.80. The molecule has 1 aromatic carbocycles. The molecule has 2 N–H and O–H groups in total. The lowest BCUT2D eigenvalue weighted by atomic mass is 10.1. The van der Waals surface area contributed by atoms with Crippen molar-refractivity contribution in [2.75, 3.05) is 18.5 Å². The third-order valence-corrected chi connectivity index (χ3v) is 2.88. The molecule has 1 unspecified atom stereocenters. The standard InChI is InChI=1S/C14H17N3/c1-17(12-7-3-2-4-8-12)14(11-15)13-9-5-6-10-16-13/h2-10,14H,11,15H2,1H3. The van der Waals surface area contributed by atoms with Gasteiger partial charge in [0.05, 0.1) is 11.7 Å². The van der Waals surface area contributed by atoms with Gasteiger partial charge in [0.15, 0.2) is 0 Å². The van der Waals surface area contributed by atoms with E-state index in [1.807, 2.05) is 43.4 Å². The van der Waals surface area contributed by atoms with Gasteiger partial charge in [0.2, 0.25) is 0 Å². The van der Waals surface area contributed by atoms with Gasteiger partial charge >= 0.3 is 0 Å². The van der Waals surface area contributed by atoms with Crippen LogP contribution in [0.2, 0.25) is 0 Å². The van der Waals surface area contributed by atoms with Gasteiger partial charge in [-0.1, -0.05) is 24.3 Å². The SMILES string of the molecule is CN(c1ccccc1)C(CN)c1ccccn1. The maximum Gasteiger partial charge on any atom is 0.0832 e. The van der Waals surface area contributed by atoms with Gasteiger partial charge in [-0.25, -0.2) is 0 Å². The number of anilines is 1. The van der Waals surface area contributed by atoms with E-state index in [0.717, 1.165) is 11.4 Å². The summed E-state index contributed by atoms with van der Waals surface area (Å²) in [4.78, 5) is 6.53. The highest BCUT2D eigenvalue weighted by Gasteiger charge is 2.16. The molecule has 0 amide bonds. The van der Waals surface area contributed by atoms with Gasteiger partial charge in [0.25, 0.3) is 0 Å². The molecule has 2 aromatic rings. The van der Waals surface area contributed by atoms with Gasteiger partial charge in [-0.3, -0.25) is 4.98 Å². The van der Waals surface area contributed by atoms with Crippen molar-refractivity contribution in [3.8, 4) is 0 Å². The summed E-state index contributed by atoms with van der Waals surface area (Å²) in [5.74, 6) is 0. The Morgan fingerprint density at radius 1 is 1.12 bits per heavy atom. The third-order valence-electron chi connectivity index (χ3n) is 2.88. The third kappa shape index (κ3) is 2.63. The van der Waals surface area contributed by atoms with Crippen LogP contribution in [0.4, 0.5) is 5.69 Å². The van der Waals surface area contributed by atoms with Crippen molar-refractivity contribution in [2.45, 2.75) is 6.04 Å². The van der Waals surface area contributed by atoms with E-state index in [-0.39, 0.29) is 6.04 Å². The first kappa shape index (κ1) is 11.6. The second kappa shape index (κ2) is 5.46. The molecule has 0 radical (unpaired) electrons. The van der Waals surface area contributed by atoms with Crippen LogP contribution in [-0.4, -0.2) is 18.6 Å². The second-order valence-corrected chi connectivity index (χ2v) is 3.95. The highest BCUT2D eigenvalue weighted by Crippen LogP contribution is 2.22. The highest BCUT2D eigenvalue weighted by molar-refractivity contribution is 5.47. The average Bonchev–Trinajstić information content (AvgIpc) is 2.42. The quantitative estimate of drug-likeness (QED) is 0.870. The normalized spacial score (nSPS) is 12.1. The Balaban J connectivity index is 2.25. The largest absolute Gasteiger partial charge is 0.365 e. The van der Waals surface area contributed by atoms with Crippen LogP contribution in [-0.2, 0) is 0 Å². The molecule has 0 fully saturated rings. The molecule has 88 valence electrons. The van der Waals surface area contributed by atoms with Crippen LogP contribution in [0.15, 0.2) is 54.7 Å². The smallest absolute Gasteiger partial charge is 0.0832 e. The molecule has 1 atom stereocenters. The topological polar surface area (TPSA) is 42.1 Å². The summed E-state index contributed by atoms with van der Waals surface area (Å²) >= 11 is 0. The molecular formula is C14H17N3. The molecule has 0 aliphatic heterocycles. The number of benzene rings is 1. The summed E-state index contributed by atoms with van der Waals surface area (Å²) in [6, 6.07) is 16.2. The zero-order chi connectivity index (χ0) is 12.1. The lowest BCUT2D eigenvalue weighted by Crippen LogP contribution is -2.31. The molecule has 3 nitrogen and oxygen atoms in total. The van der Waals surface area contributed by atoms with Crippen LogP contribution < -0.4 is 10.6 Å². The van der Waals surface area contributed by atoms with Crippen molar-refractivity contribution in [3.63, 3.8) is 0 Å². The summed E-state index contributed by atoms with van der Waals surface area (Å²) < 4.78 is 0. The molecule has 0 saturated heterocycles. The number of nitrogens with two attached hydrogens (primary N) is 1. The second-order valence-electron chi connectivity index (χ2n) is 3.95. The number of hydrogen-bond acceptors (Lipinski definition) is 3. The first-order valence-corrected chi connectivity index (χ1v) is 5.72. The summed E-state index contributed by atoms with van der Waals surface area (Å²) in [6.45, 7) is 0.544. The molecule has 2 rings (SSSR count). The van der Waals surface area contributed by atoms with Crippen LogP contribution in [0.5, 0.6) is 0 Å². The minimum absolute atomic E-state index is 0.110. The van der Waals surface area contributed by atoms with E-state index < -0.39 is 0 Å². The van der Waals surface area contributed by atoms with E-state index in [0.29, 0.717) is 6.54 Å². The number of hydrogen-bond donors (Lipinski definition) is 1. The van der Waals surface area contributed by atoms with Crippen LogP contribution in [0.3, 0.4) is 0 Å². The van der Waals surface area contributed by atoms with Gasteiger partial charge < -0.3 is 10.6 Å². The average molecular weight is 227 g/mol. The van der Waals surface area contributed by atoms with Crippen LogP contribution >= 0.6 is 0 Å². The van der Waals surface area contributed by atoms with Crippen molar-refractivity contribution in [3.05, 3.63) is 60.4 Å². The lowest BCUT2D eigenvalue weighted by molar-refractivity contribution is 0.660. The maximum atomic E-state index is 5.86. The number of aromatic nitrogens is 1. The molecule has 1 aromatic heterocycles. The Hall–Kier alpha value is -1.87. The minimum Gasteiger partial charge on any atom is -0.365 e. The van der Waals surface area contributed by atoms with Gasteiger partial charge in [-0.15, -0.1) is 0 Å². The van der Waals surface area contributed by atoms with E-state index in [2.05, 4.69) is 22.0 Å². The molecule has 0 aliphatic rings. The summed E-state index contributed by atoms with van der Waals surface area (Å²) in [5.41, 5.74) is 8.01. The zero-order valence-electron chi connectivity index (χ0n) is 9.95. The van der Waals surface area contributed by atoms with E-state index in [1.54, 1.807) is 6.20 Å². The van der Waals surface area contributed by atoms with Crippen LogP contribution in [0, 0.1) is 0 Å². The molecule has 0 saturated carbocycles. The fraction of sp³-hybridized carbons (Fsp3) is 0.214. The predicted octanol–water partition coefficient (Wildman–Crippen LogP) is 2.22. The van der Waals surface area contributed by atoms with E-state index in [1.165, 1.54) is 0 Å². The van der Waals surface area contributed by atoms with Gasteiger partial charge in [0.1, 0.15) is 0 Å². The van der Waals surface area contributed by atoms with Crippen molar-refractivity contribution in [1.29, 1.82) is 0 Å². The first-order chi connectivity index (χ1) is 8.33. The van der Waals surface area contributed by atoms with Crippen molar-refractivity contribution < 1.29 is 0 Å². The summed E-state index contributed by atoms with van der Waals surface area (Å²) in [5, 5.41) is 0. The number of rotatable bonds is 4. The van der Waals surface area contributed by atoms with Crippen molar-refractivity contribution in [2.24, 2.45) is 5.73 Å². The van der Waals surface area contributed by atoms with E-state index >= 15 is 0 Å². The molecule has 0 bridgehead atoms. The molecule has 0 spiro atoms. The molecule has 0 aliphatic carbocycles. The Kier molecular flexibility index (Phi) is 3.73. The van der Waals surface area contributed by atoms with E-state index in [4.69, 9.17) is 5.73 Å². The minimum atomic E-state index is 0.110. The van der Waals surface area contributed by atoms with Crippen LogP contribution in [0.1, 0.15) is 11.7 Å². The predicted molar refractivity (Wildman–Crippen MR) is 70.9 cm³/mol. The highest BCUT2D eigenvalue weighted by atomic mass is 15.2. The summed E-state index contributed by atoms with van der Waals surface area (Å²) in [7, 11) is 2.04. The number of likely N-dealkylation sites (N-methyl/N-ethyl adjacent to an activating group) is 1. The Bertz CT molecular complexity index is 442. The van der Waals surface area contributed by atoms with Gasteiger partial charge in [0, 0.05) is 25.5 Å². The lowest BCUT2D eigenvalue weighted by Gasteiger charge is -2.28. The van der Waals surface area contributed by atoms with Gasteiger partial charge in [-0.05, 0) is 24.3 Å². The van der Waals surface area contributed by atoms with Crippen molar-refractivity contribution in [1.82, 2.24) is 4.98 Å². The number of nitrogens with zero attached hydrogens (tertiary/aromatic N) is 2. The number of para-hydroxylation sites is 1. The maximum absolute atomic E-state index is 5.86. The molecular weight excluding hydrogens is 210 g/mol. The van der Waals surface area contributed by atoms with E-state index in [9.17, 15) is 0 Å². The Morgan fingerprint density at radius 2 is 1.82 bits per heavy atom. The molecule has 3 heteroatoms. The van der Waals surface area contributed by atoms with Gasteiger partial charge in [-0.2, -0.15) is 0 Å². The van der Waals surface area contributed by atoms with Crippen molar-refractivity contribution >= 4 is 5.69 Å². The fourth-order valence-corrected chi connectivity index (χ4v) is 1.89. The number of pyridine rings is 1. The monoisotopic (exact) mass is 227 g/mol. The molecule has 1 heterocycles. The Morgan fingerprint density at radius 3 is 2.41 bits per heavy atom. The first-order valence-electron chi connectivity index (χ1n) is 5.72. The molecule has 17 heavy (non-hydrogen) atoms.